The van der Waals surface area contributed by atoms with E-state index in [0.29, 0.717) is 5.56 Å². The summed E-state index contributed by atoms with van der Waals surface area (Å²) in [6.07, 6.45) is 3.04. The smallest absolute Gasteiger partial charge is 0.434 e. The van der Waals surface area contributed by atoms with Crippen molar-refractivity contribution in [3.05, 3.63) is 47.5 Å². The van der Waals surface area contributed by atoms with Gasteiger partial charge in [0.25, 0.3) is 5.91 Å². The Morgan fingerprint density at radius 3 is 2.62 bits per heavy atom. The van der Waals surface area contributed by atoms with Gasteiger partial charge in [-0.3, -0.25) is 9.63 Å². The normalized spacial score (nSPS) is 19.9. The minimum atomic E-state index is -0.552. The van der Waals surface area contributed by atoms with Crippen LogP contribution < -0.4 is 5.32 Å². The molecule has 2 rings (SSSR count). The van der Waals surface area contributed by atoms with E-state index in [4.69, 9.17) is 14.7 Å². The van der Waals surface area contributed by atoms with Crippen LogP contribution in [0.2, 0.25) is 0 Å². The third kappa shape index (κ3) is 4.81. The largest absolute Gasteiger partial charge is 0.443 e. The Bertz CT molecular complexity index is 600. The van der Waals surface area contributed by atoms with E-state index in [1.807, 2.05) is 26.0 Å². The highest BCUT2D eigenvalue weighted by atomic mass is 16.7. The fourth-order valence-corrected chi connectivity index (χ4v) is 2.15. The molecular weight excluding hydrogens is 312 g/mol. The number of hydroxylamine groups is 2. The molecule has 0 saturated heterocycles. The van der Waals surface area contributed by atoms with Crippen LogP contribution in [-0.2, 0) is 16.2 Å². The Hall–Kier alpha value is -2.38. The van der Waals surface area contributed by atoms with E-state index in [0.717, 1.165) is 5.56 Å². The van der Waals surface area contributed by atoms with Gasteiger partial charge in [-0.25, -0.2) is 4.79 Å². The zero-order valence-electron chi connectivity index (χ0n) is 13.8. The van der Waals surface area contributed by atoms with Crippen LogP contribution in [0.25, 0.3) is 0 Å². The fourth-order valence-electron chi connectivity index (χ4n) is 2.15. The molecule has 0 spiro atoms. The Balaban J connectivity index is 1.87. The SMILES string of the molecule is CC1C=CC(C)N(C(=O)OCc2ccc(C(=O)NCCO)cc2)O1. The quantitative estimate of drug-likeness (QED) is 0.799. The number of carbonyl (C=O) groups is 2. The molecule has 2 N–H and O–H groups in total. The highest BCUT2D eigenvalue weighted by Crippen LogP contribution is 2.15. The number of amides is 2. The number of aliphatic hydroxyl groups excluding tert-OH is 1. The second kappa shape index (κ2) is 8.47. The summed E-state index contributed by atoms with van der Waals surface area (Å²) >= 11 is 0. The van der Waals surface area contributed by atoms with Gasteiger partial charge in [-0.2, -0.15) is 5.06 Å². The van der Waals surface area contributed by atoms with E-state index in [2.05, 4.69) is 5.32 Å². The first kappa shape index (κ1) is 18.0. The molecule has 1 aromatic rings. The predicted molar refractivity (Wildman–Crippen MR) is 87.0 cm³/mol. The highest BCUT2D eigenvalue weighted by molar-refractivity contribution is 5.94. The van der Waals surface area contributed by atoms with Gasteiger partial charge < -0.3 is 15.2 Å². The standard InChI is InChI=1S/C17H22N2O5/c1-12-3-4-13(2)24-19(12)17(22)23-11-14-5-7-15(8-6-14)16(21)18-9-10-20/h3-8,12-13,20H,9-11H2,1-2H3,(H,18,21). The Morgan fingerprint density at radius 2 is 1.96 bits per heavy atom. The van der Waals surface area contributed by atoms with E-state index < -0.39 is 6.09 Å². The van der Waals surface area contributed by atoms with E-state index in [1.165, 1.54) is 5.06 Å². The molecule has 0 saturated carbocycles. The molecule has 130 valence electrons. The van der Waals surface area contributed by atoms with Crippen LogP contribution in [0.4, 0.5) is 4.79 Å². The molecule has 24 heavy (non-hydrogen) atoms. The summed E-state index contributed by atoms with van der Waals surface area (Å²) in [4.78, 5) is 29.2. The van der Waals surface area contributed by atoms with Crippen molar-refractivity contribution < 1.29 is 24.3 Å². The van der Waals surface area contributed by atoms with Crippen molar-refractivity contribution in [2.45, 2.75) is 32.6 Å². The van der Waals surface area contributed by atoms with Crippen LogP contribution in [0.3, 0.4) is 0 Å². The van der Waals surface area contributed by atoms with Gasteiger partial charge in [0.2, 0.25) is 0 Å². The molecule has 1 aliphatic heterocycles. The molecule has 1 heterocycles. The lowest BCUT2D eigenvalue weighted by molar-refractivity contribution is -0.176. The first-order valence-electron chi connectivity index (χ1n) is 7.80. The van der Waals surface area contributed by atoms with Gasteiger partial charge in [-0.05, 0) is 31.5 Å². The van der Waals surface area contributed by atoms with Crippen LogP contribution in [0.15, 0.2) is 36.4 Å². The van der Waals surface area contributed by atoms with Crippen molar-refractivity contribution >= 4 is 12.0 Å². The number of aliphatic hydroxyl groups is 1. The molecule has 0 fully saturated rings. The number of nitrogens with one attached hydrogen (secondary N) is 1. The molecule has 2 atom stereocenters. The summed E-state index contributed by atoms with van der Waals surface area (Å²) in [5.41, 5.74) is 1.24. The summed E-state index contributed by atoms with van der Waals surface area (Å²) in [6.45, 7) is 3.86. The molecule has 7 heteroatoms. The molecular formula is C17H22N2O5. The Morgan fingerprint density at radius 1 is 1.25 bits per heavy atom. The number of hydrogen-bond acceptors (Lipinski definition) is 5. The van der Waals surface area contributed by atoms with E-state index in [-0.39, 0.29) is 37.8 Å². The third-order valence-corrected chi connectivity index (χ3v) is 3.47. The summed E-state index contributed by atoms with van der Waals surface area (Å²) < 4.78 is 5.25. The van der Waals surface area contributed by atoms with Gasteiger partial charge in [-0.15, -0.1) is 0 Å². The number of carbonyl (C=O) groups excluding carboxylic acids is 2. The topological polar surface area (TPSA) is 88.1 Å². The molecule has 1 aliphatic rings. The minimum absolute atomic E-state index is 0.0854. The highest BCUT2D eigenvalue weighted by Gasteiger charge is 2.26. The average molecular weight is 334 g/mol. The minimum Gasteiger partial charge on any atom is -0.443 e. The Kier molecular flexibility index (Phi) is 6.34. The van der Waals surface area contributed by atoms with Crippen molar-refractivity contribution in [3.63, 3.8) is 0 Å². The number of nitrogens with zero attached hydrogens (tertiary/aromatic N) is 1. The maximum atomic E-state index is 12.1. The maximum Gasteiger partial charge on any atom is 0.434 e. The summed E-state index contributed by atoms with van der Waals surface area (Å²) in [6, 6.07) is 6.52. The second-order valence-corrected chi connectivity index (χ2v) is 5.49. The van der Waals surface area contributed by atoms with Crippen LogP contribution in [0.5, 0.6) is 0 Å². The lowest BCUT2D eigenvalue weighted by Crippen LogP contribution is -2.42. The van der Waals surface area contributed by atoms with Crippen molar-refractivity contribution in [1.82, 2.24) is 10.4 Å². The van der Waals surface area contributed by atoms with Crippen molar-refractivity contribution in [3.8, 4) is 0 Å². The van der Waals surface area contributed by atoms with Crippen molar-refractivity contribution in [1.29, 1.82) is 0 Å². The zero-order chi connectivity index (χ0) is 17.5. The number of benzene rings is 1. The summed E-state index contributed by atoms with van der Waals surface area (Å²) in [5, 5.41) is 12.5. The van der Waals surface area contributed by atoms with Crippen molar-refractivity contribution in [2.24, 2.45) is 0 Å². The lowest BCUT2D eigenvalue weighted by atomic mass is 10.1. The zero-order valence-corrected chi connectivity index (χ0v) is 13.8. The van der Waals surface area contributed by atoms with Crippen molar-refractivity contribution in [2.75, 3.05) is 13.2 Å². The first-order valence-corrected chi connectivity index (χ1v) is 7.80. The Labute approximate surface area is 140 Å². The van der Waals surface area contributed by atoms with E-state index in [9.17, 15) is 9.59 Å². The lowest BCUT2D eigenvalue weighted by Gasteiger charge is -2.30. The van der Waals surface area contributed by atoms with Gasteiger partial charge >= 0.3 is 6.09 Å². The molecule has 0 aromatic heterocycles. The second-order valence-electron chi connectivity index (χ2n) is 5.49. The van der Waals surface area contributed by atoms with Crippen LogP contribution in [-0.4, -0.2) is 47.5 Å². The van der Waals surface area contributed by atoms with E-state index >= 15 is 0 Å². The summed E-state index contributed by atoms with van der Waals surface area (Å²) in [7, 11) is 0. The van der Waals surface area contributed by atoms with Crippen LogP contribution >= 0.6 is 0 Å². The number of ether oxygens (including phenoxy) is 1. The number of hydrogen-bond donors (Lipinski definition) is 2. The predicted octanol–water partition coefficient (Wildman–Crippen LogP) is 1.63. The monoisotopic (exact) mass is 334 g/mol. The van der Waals surface area contributed by atoms with Crippen LogP contribution in [0.1, 0.15) is 29.8 Å². The molecule has 0 radical (unpaired) electrons. The number of rotatable bonds is 5. The maximum absolute atomic E-state index is 12.1. The van der Waals surface area contributed by atoms with Gasteiger partial charge in [0.1, 0.15) is 12.7 Å². The molecule has 0 bridgehead atoms. The van der Waals surface area contributed by atoms with Crippen LogP contribution in [0, 0.1) is 0 Å². The first-order chi connectivity index (χ1) is 11.5. The molecule has 2 unspecified atom stereocenters. The van der Waals surface area contributed by atoms with Gasteiger partial charge in [0.15, 0.2) is 0 Å². The third-order valence-electron chi connectivity index (χ3n) is 3.47. The van der Waals surface area contributed by atoms with Gasteiger partial charge in [0.05, 0.1) is 12.6 Å². The average Bonchev–Trinajstić information content (AvgIpc) is 2.60. The molecule has 2 amide bonds. The molecule has 1 aromatic carbocycles. The molecule has 0 aliphatic carbocycles. The van der Waals surface area contributed by atoms with E-state index in [1.54, 1.807) is 24.3 Å². The summed E-state index contributed by atoms with van der Waals surface area (Å²) in [5.74, 6) is -0.260. The van der Waals surface area contributed by atoms with Gasteiger partial charge in [0, 0.05) is 12.1 Å². The van der Waals surface area contributed by atoms with Gasteiger partial charge in [-0.1, -0.05) is 24.3 Å². The molecule has 7 nitrogen and oxygen atoms in total. The fraction of sp³-hybridized carbons (Fsp3) is 0.412.